The zero-order chi connectivity index (χ0) is 13.8. The number of nitrogens with two attached hydrogens (primary N) is 1. The van der Waals surface area contributed by atoms with Crippen molar-refractivity contribution in [2.75, 3.05) is 17.6 Å². The molecule has 0 amide bonds. The number of nitrogens with zero attached hydrogens (tertiary/aromatic N) is 1. The molecule has 1 rings (SSSR count). The molecule has 1 aromatic carbocycles. The van der Waals surface area contributed by atoms with Gasteiger partial charge in [0.2, 0.25) is 0 Å². The summed E-state index contributed by atoms with van der Waals surface area (Å²) in [6.07, 6.45) is -5.19. The predicted octanol–water partition coefficient (Wildman–Crippen LogP) is 2.93. The topological polar surface area (TPSA) is 81.2 Å². The first-order valence-corrected chi connectivity index (χ1v) is 5.13. The molecule has 0 aromatic heterocycles. The predicted molar refractivity (Wildman–Crippen MR) is 61.3 cm³/mol. The van der Waals surface area contributed by atoms with Crippen LogP contribution in [0.15, 0.2) is 18.2 Å². The molecule has 0 unspecified atom stereocenters. The number of halogens is 3. The summed E-state index contributed by atoms with van der Waals surface area (Å²) in [6.45, 7) is 0.0696. The number of hydrogen-bond acceptors (Lipinski definition) is 4. The van der Waals surface area contributed by atoms with E-state index in [1.165, 1.54) is 18.2 Å². The second-order valence-electron chi connectivity index (χ2n) is 3.72. The van der Waals surface area contributed by atoms with Crippen LogP contribution in [0, 0.1) is 10.1 Å². The fourth-order valence-electron chi connectivity index (χ4n) is 1.36. The van der Waals surface area contributed by atoms with Gasteiger partial charge in [-0.2, -0.15) is 13.2 Å². The Morgan fingerprint density at radius 1 is 1.33 bits per heavy atom. The molecular formula is C10H12F3N3O2. The molecule has 0 saturated carbocycles. The smallest absolute Gasteiger partial charge is 0.389 e. The minimum absolute atomic E-state index is 0.0696. The fourth-order valence-corrected chi connectivity index (χ4v) is 1.36. The molecule has 0 saturated heterocycles. The second kappa shape index (κ2) is 5.56. The van der Waals surface area contributed by atoms with Crippen molar-refractivity contribution < 1.29 is 18.1 Å². The monoisotopic (exact) mass is 263 g/mol. The largest absolute Gasteiger partial charge is 0.398 e. The van der Waals surface area contributed by atoms with Gasteiger partial charge in [-0.05, 0) is 12.5 Å². The Morgan fingerprint density at radius 2 is 2.00 bits per heavy atom. The summed E-state index contributed by atoms with van der Waals surface area (Å²) in [6, 6.07) is 3.84. The van der Waals surface area contributed by atoms with Gasteiger partial charge in [-0.25, -0.2) is 0 Å². The van der Waals surface area contributed by atoms with Crippen LogP contribution < -0.4 is 11.1 Å². The maximum absolute atomic E-state index is 11.9. The third kappa shape index (κ3) is 4.89. The van der Waals surface area contributed by atoms with Crippen molar-refractivity contribution >= 4 is 17.1 Å². The van der Waals surface area contributed by atoms with Crippen LogP contribution in [0.3, 0.4) is 0 Å². The first kappa shape index (κ1) is 14.1. The number of nitro groups is 1. The highest BCUT2D eigenvalue weighted by Crippen LogP contribution is 2.24. The van der Waals surface area contributed by atoms with Crippen LogP contribution in [-0.2, 0) is 0 Å². The number of anilines is 2. The van der Waals surface area contributed by atoms with E-state index >= 15 is 0 Å². The molecule has 8 heteroatoms. The van der Waals surface area contributed by atoms with E-state index in [2.05, 4.69) is 5.32 Å². The average molecular weight is 263 g/mol. The van der Waals surface area contributed by atoms with Gasteiger partial charge in [0.15, 0.2) is 0 Å². The Balaban J connectivity index is 2.55. The highest BCUT2D eigenvalue weighted by Gasteiger charge is 2.25. The zero-order valence-electron chi connectivity index (χ0n) is 9.33. The van der Waals surface area contributed by atoms with Gasteiger partial charge in [0.25, 0.3) is 5.69 Å². The van der Waals surface area contributed by atoms with Crippen molar-refractivity contribution in [2.45, 2.75) is 19.0 Å². The number of alkyl halides is 3. The van der Waals surface area contributed by atoms with Gasteiger partial charge in [0.05, 0.1) is 4.92 Å². The zero-order valence-corrected chi connectivity index (χ0v) is 9.33. The fraction of sp³-hybridized carbons (Fsp3) is 0.400. The van der Waals surface area contributed by atoms with Crippen LogP contribution >= 0.6 is 0 Å². The molecule has 0 fully saturated rings. The Bertz CT molecular complexity index is 435. The number of nitrogen functional groups attached to an aromatic ring is 1. The lowest BCUT2D eigenvalue weighted by molar-refractivity contribution is -0.384. The van der Waals surface area contributed by atoms with Gasteiger partial charge in [0, 0.05) is 36.5 Å². The number of nitro benzene ring substituents is 1. The first-order chi connectivity index (χ1) is 8.28. The summed E-state index contributed by atoms with van der Waals surface area (Å²) in [5.74, 6) is 0. The van der Waals surface area contributed by atoms with E-state index in [0.29, 0.717) is 5.69 Å². The summed E-state index contributed by atoms with van der Waals surface area (Å²) >= 11 is 0. The number of non-ortho nitro benzene ring substituents is 1. The average Bonchev–Trinajstić information content (AvgIpc) is 2.22. The normalized spacial score (nSPS) is 11.3. The van der Waals surface area contributed by atoms with Crippen LogP contribution in [0.5, 0.6) is 0 Å². The van der Waals surface area contributed by atoms with Crippen LogP contribution in [0.2, 0.25) is 0 Å². The van der Waals surface area contributed by atoms with Crippen LogP contribution in [0.4, 0.5) is 30.2 Å². The lowest BCUT2D eigenvalue weighted by Crippen LogP contribution is -2.11. The number of nitrogens with one attached hydrogen (secondary N) is 1. The van der Waals surface area contributed by atoms with Crippen molar-refractivity contribution in [1.29, 1.82) is 0 Å². The molecule has 0 aliphatic heterocycles. The first-order valence-electron chi connectivity index (χ1n) is 5.13. The lowest BCUT2D eigenvalue weighted by atomic mass is 10.2. The molecule has 1 aromatic rings. The minimum Gasteiger partial charge on any atom is -0.398 e. The van der Waals surface area contributed by atoms with Crippen molar-refractivity contribution in [3.05, 3.63) is 28.3 Å². The van der Waals surface area contributed by atoms with Crippen molar-refractivity contribution in [3.63, 3.8) is 0 Å². The summed E-state index contributed by atoms with van der Waals surface area (Å²) in [7, 11) is 0. The molecule has 0 spiro atoms. The lowest BCUT2D eigenvalue weighted by Gasteiger charge is -2.08. The standard InChI is InChI=1S/C10H12F3N3O2/c11-10(12,13)2-1-3-15-8-4-7(14)5-9(6-8)16(17)18/h4-6,15H,1-3,14H2. The molecule has 0 heterocycles. The quantitative estimate of drug-likeness (QED) is 0.370. The highest BCUT2D eigenvalue weighted by atomic mass is 19.4. The van der Waals surface area contributed by atoms with Crippen molar-refractivity contribution in [1.82, 2.24) is 0 Å². The molecular weight excluding hydrogens is 251 g/mol. The second-order valence-corrected chi connectivity index (χ2v) is 3.72. The Morgan fingerprint density at radius 3 is 2.56 bits per heavy atom. The van der Waals surface area contributed by atoms with Gasteiger partial charge in [0.1, 0.15) is 0 Å². The number of benzene rings is 1. The van der Waals surface area contributed by atoms with E-state index in [9.17, 15) is 23.3 Å². The summed E-state index contributed by atoms with van der Waals surface area (Å²) < 4.78 is 35.6. The van der Waals surface area contributed by atoms with E-state index in [0.717, 1.165) is 0 Å². The van der Waals surface area contributed by atoms with Crippen molar-refractivity contribution in [3.8, 4) is 0 Å². The highest BCUT2D eigenvalue weighted by molar-refractivity contribution is 5.61. The summed E-state index contributed by atoms with van der Waals surface area (Å²) in [5, 5.41) is 13.2. The van der Waals surface area contributed by atoms with E-state index < -0.39 is 17.5 Å². The molecule has 0 aliphatic rings. The SMILES string of the molecule is Nc1cc(NCCCC(F)(F)F)cc([N+](=O)[O-])c1. The third-order valence-corrected chi connectivity index (χ3v) is 2.12. The molecule has 0 atom stereocenters. The molecule has 5 nitrogen and oxygen atoms in total. The van der Waals surface area contributed by atoms with E-state index in [4.69, 9.17) is 5.73 Å². The van der Waals surface area contributed by atoms with Crippen LogP contribution in [0.1, 0.15) is 12.8 Å². The van der Waals surface area contributed by atoms with Gasteiger partial charge in [-0.1, -0.05) is 0 Å². The minimum atomic E-state index is -4.19. The molecule has 3 N–H and O–H groups in total. The van der Waals surface area contributed by atoms with Crippen LogP contribution in [-0.4, -0.2) is 17.6 Å². The summed E-state index contributed by atoms with van der Waals surface area (Å²) in [5.41, 5.74) is 5.77. The molecule has 18 heavy (non-hydrogen) atoms. The van der Waals surface area contributed by atoms with Gasteiger partial charge < -0.3 is 11.1 Å². The Kier molecular flexibility index (Phi) is 4.35. The molecule has 100 valence electrons. The Labute approximate surface area is 101 Å². The Hall–Kier alpha value is -1.99. The maximum Gasteiger partial charge on any atom is 0.389 e. The van der Waals surface area contributed by atoms with E-state index in [1.54, 1.807) is 0 Å². The summed E-state index contributed by atoms with van der Waals surface area (Å²) in [4.78, 5) is 9.93. The van der Waals surface area contributed by atoms with E-state index in [1.807, 2.05) is 0 Å². The van der Waals surface area contributed by atoms with Gasteiger partial charge in [-0.15, -0.1) is 0 Å². The van der Waals surface area contributed by atoms with Gasteiger partial charge >= 0.3 is 6.18 Å². The molecule has 0 aliphatic carbocycles. The number of rotatable bonds is 5. The maximum atomic E-state index is 11.9. The van der Waals surface area contributed by atoms with E-state index in [-0.39, 0.29) is 24.3 Å². The molecule has 0 radical (unpaired) electrons. The number of hydrogen-bond donors (Lipinski definition) is 2. The molecule has 0 bridgehead atoms. The third-order valence-electron chi connectivity index (χ3n) is 2.12. The van der Waals surface area contributed by atoms with Crippen LogP contribution in [0.25, 0.3) is 0 Å². The van der Waals surface area contributed by atoms with Gasteiger partial charge in [-0.3, -0.25) is 10.1 Å². The van der Waals surface area contributed by atoms with Crippen molar-refractivity contribution in [2.24, 2.45) is 0 Å².